The quantitative estimate of drug-likeness (QED) is 0.891. The summed E-state index contributed by atoms with van der Waals surface area (Å²) in [5.74, 6) is -0.123. The summed E-state index contributed by atoms with van der Waals surface area (Å²) in [5, 5.41) is 3.83. The molecule has 0 spiro atoms. The van der Waals surface area contributed by atoms with Gasteiger partial charge in [-0.2, -0.15) is 0 Å². The van der Waals surface area contributed by atoms with Gasteiger partial charge >= 0.3 is 0 Å². The van der Waals surface area contributed by atoms with Crippen LogP contribution < -0.4 is 11.1 Å². The molecule has 0 bridgehead atoms. The average molecular weight is 315 g/mol. The van der Waals surface area contributed by atoms with Crippen molar-refractivity contribution in [2.75, 3.05) is 13.1 Å². The lowest BCUT2D eigenvalue weighted by atomic mass is 9.74. The highest BCUT2D eigenvalue weighted by Gasteiger charge is 2.31. The van der Waals surface area contributed by atoms with Crippen LogP contribution >= 0.6 is 23.2 Å². The van der Waals surface area contributed by atoms with Crippen LogP contribution in [0, 0.1) is 5.41 Å². The number of nitrogens with one attached hydrogen (secondary N) is 1. The molecule has 0 radical (unpaired) electrons. The molecule has 0 atom stereocenters. The summed E-state index contributed by atoms with van der Waals surface area (Å²) in [7, 11) is 0. The van der Waals surface area contributed by atoms with E-state index in [1.165, 1.54) is 19.3 Å². The zero-order chi connectivity index (χ0) is 14.6. The Morgan fingerprint density at radius 2 is 1.90 bits per heavy atom. The van der Waals surface area contributed by atoms with Crippen molar-refractivity contribution < 1.29 is 4.79 Å². The molecule has 1 aliphatic rings. The lowest BCUT2D eigenvalue weighted by molar-refractivity contribution is 0.0914. The standard InChI is InChI=1S/C15H20Cl2N2O/c16-12-5-4-11(8-13(12)17)14(20)19-10-15(9-18)6-2-1-3-7-15/h4-5,8H,1-3,6-7,9-10,18H2,(H,19,20). The number of hydrogen-bond donors (Lipinski definition) is 2. The van der Waals surface area contributed by atoms with Crippen LogP contribution in [0.1, 0.15) is 42.5 Å². The van der Waals surface area contributed by atoms with Gasteiger partial charge in [-0.25, -0.2) is 0 Å². The molecule has 5 heteroatoms. The van der Waals surface area contributed by atoms with Crippen molar-refractivity contribution in [3.63, 3.8) is 0 Å². The molecule has 0 aliphatic heterocycles. The van der Waals surface area contributed by atoms with E-state index in [1.54, 1.807) is 18.2 Å². The minimum Gasteiger partial charge on any atom is -0.351 e. The van der Waals surface area contributed by atoms with Crippen LogP contribution in [0.15, 0.2) is 18.2 Å². The SMILES string of the molecule is NCC1(CNC(=O)c2ccc(Cl)c(Cl)c2)CCCCC1. The molecular weight excluding hydrogens is 295 g/mol. The fraction of sp³-hybridized carbons (Fsp3) is 0.533. The Morgan fingerprint density at radius 1 is 1.20 bits per heavy atom. The summed E-state index contributed by atoms with van der Waals surface area (Å²) in [6, 6.07) is 4.91. The molecule has 3 nitrogen and oxygen atoms in total. The van der Waals surface area contributed by atoms with E-state index in [4.69, 9.17) is 28.9 Å². The predicted molar refractivity (Wildman–Crippen MR) is 83.4 cm³/mol. The zero-order valence-corrected chi connectivity index (χ0v) is 12.9. The van der Waals surface area contributed by atoms with Crippen LogP contribution in [0.25, 0.3) is 0 Å². The molecule has 1 amide bonds. The fourth-order valence-corrected chi connectivity index (χ4v) is 3.06. The molecule has 110 valence electrons. The minimum atomic E-state index is -0.123. The second-order valence-electron chi connectivity index (χ2n) is 5.58. The third kappa shape index (κ3) is 3.66. The van der Waals surface area contributed by atoms with Gasteiger partial charge in [-0.1, -0.05) is 42.5 Å². The van der Waals surface area contributed by atoms with E-state index >= 15 is 0 Å². The van der Waals surface area contributed by atoms with Crippen molar-refractivity contribution in [1.29, 1.82) is 0 Å². The Morgan fingerprint density at radius 3 is 2.50 bits per heavy atom. The molecule has 20 heavy (non-hydrogen) atoms. The number of rotatable bonds is 4. The van der Waals surface area contributed by atoms with Crippen molar-refractivity contribution in [3.8, 4) is 0 Å². The van der Waals surface area contributed by atoms with Gasteiger partial charge in [0.25, 0.3) is 5.91 Å². The van der Waals surface area contributed by atoms with Gasteiger partial charge in [0.15, 0.2) is 0 Å². The van der Waals surface area contributed by atoms with Gasteiger partial charge in [0.05, 0.1) is 10.0 Å². The molecule has 2 rings (SSSR count). The molecule has 1 aromatic rings. The van der Waals surface area contributed by atoms with E-state index in [1.807, 2.05) is 0 Å². The van der Waals surface area contributed by atoms with Gasteiger partial charge in [0.2, 0.25) is 0 Å². The van der Waals surface area contributed by atoms with Crippen molar-refractivity contribution in [2.45, 2.75) is 32.1 Å². The number of amides is 1. The zero-order valence-electron chi connectivity index (χ0n) is 11.4. The molecular formula is C15H20Cl2N2O. The predicted octanol–water partition coefficient (Wildman–Crippen LogP) is 3.63. The van der Waals surface area contributed by atoms with Crippen LogP contribution in [-0.4, -0.2) is 19.0 Å². The van der Waals surface area contributed by atoms with Gasteiger partial charge in [-0.3, -0.25) is 4.79 Å². The van der Waals surface area contributed by atoms with Crippen molar-refractivity contribution in [1.82, 2.24) is 5.32 Å². The lowest BCUT2D eigenvalue weighted by Gasteiger charge is -2.36. The molecule has 0 unspecified atom stereocenters. The van der Waals surface area contributed by atoms with Crippen LogP contribution in [-0.2, 0) is 0 Å². The first-order valence-corrected chi connectivity index (χ1v) is 7.75. The molecule has 0 aromatic heterocycles. The summed E-state index contributed by atoms with van der Waals surface area (Å²) >= 11 is 11.8. The largest absolute Gasteiger partial charge is 0.351 e. The molecule has 1 aliphatic carbocycles. The Kier molecular flexibility index (Phi) is 5.30. The smallest absolute Gasteiger partial charge is 0.251 e. The molecule has 0 heterocycles. The van der Waals surface area contributed by atoms with Crippen LogP contribution in [0.4, 0.5) is 0 Å². The number of nitrogens with two attached hydrogens (primary N) is 1. The van der Waals surface area contributed by atoms with E-state index < -0.39 is 0 Å². The van der Waals surface area contributed by atoms with E-state index in [9.17, 15) is 4.79 Å². The Balaban J connectivity index is 1.98. The second kappa shape index (κ2) is 6.79. The molecule has 3 N–H and O–H groups in total. The summed E-state index contributed by atoms with van der Waals surface area (Å²) in [5.41, 5.74) is 6.51. The third-order valence-electron chi connectivity index (χ3n) is 4.15. The Hall–Kier alpha value is -0.770. The fourth-order valence-electron chi connectivity index (χ4n) is 2.76. The van der Waals surface area contributed by atoms with E-state index in [-0.39, 0.29) is 11.3 Å². The van der Waals surface area contributed by atoms with Crippen LogP contribution in [0.3, 0.4) is 0 Å². The maximum Gasteiger partial charge on any atom is 0.251 e. The first-order valence-electron chi connectivity index (χ1n) is 7.00. The lowest BCUT2D eigenvalue weighted by Crippen LogP contribution is -2.43. The molecule has 0 saturated heterocycles. The highest BCUT2D eigenvalue weighted by Crippen LogP contribution is 2.34. The number of carbonyl (C=O) groups excluding carboxylic acids is 1. The highest BCUT2D eigenvalue weighted by molar-refractivity contribution is 6.42. The highest BCUT2D eigenvalue weighted by atomic mass is 35.5. The van der Waals surface area contributed by atoms with Crippen molar-refractivity contribution in [3.05, 3.63) is 33.8 Å². The monoisotopic (exact) mass is 314 g/mol. The summed E-state index contributed by atoms with van der Waals surface area (Å²) in [4.78, 5) is 12.2. The maximum absolute atomic E-state index is 12.2. The average Bonchev–Trinajstić information content (AvgIpc) is 2.48. The minimum absolute atomic E-state index is 0.0597. The van der Waals surface area contributed by atoms with E-state index in [0.29, 0.717) is 28.7 Å². The van der Waals surface area contributed by atoms with Crippen molar-refractivity contribution >= 4 is 29.1 Å². The number of hydrogen-bond acceptors (Lipinski definition) is 2. The summed E-state index contributed by atoms with van der Waals surface area (Å²) < 4.78 is 0. The van der Waals surface area contributed by atoms with Gasteiger partial charge in [0, 0.05) is 12.1 Å². The van der Waals surface area contributed by atoms with E-state index in [0.717, 1.165) is 12.8 Å². The Labute approximate surface area is 129 Å². The maximum atomic E-state index is 12.2. The van der Waals surface area contributed by atoms with Gasteiger partial charge in [0.1, 0.15) is 0 Å². The van der Waals surface area contributed by atoms with Gasteiger partial charge in [-0.15, -0.1) is 0 Å². The molecule has 1 fully saturated rings. The van der Waals surface area contributed by atoms with Crippen molar-refractivity contribution in [2.24, 2.45) is 11.1 Å². The molecule has 1 saturated carbocycles. The Bertz CT molecular complexity index is 485. The number of halogens is 2. The van der Waals surface area contributed by atoms with Crippen LogP contribution in [0.2, 0.25) is 10.0 Å². The van der Waals surface area contributed by atoms with Gasteiger partial charge in [-0.05, 0) is 43.0 Å². The second-order valence-corrected chi connectivity index (χ2v) is 6.39. The number of benzene rings is 1. The number of carbonyl (C=O) groups is 1. The van der Waals surface area contributed by atoms with Crippen LogP contribution in [0.5, 0.6) is 0 Å². The summed E-state index contributed by atoms with van der Waals surface area (Å²) in [6.45, 7) is 1.25. The molecule has 1 aromatic carbocycles. The van der Waals surface area contributed by atoms with E-state index in [2.05, 4.69) is 5.32 Å². The normalized spacial score (nSPS) is 17.8. The van der Waals surface area contributed by atoms with Gasteiger partial charge < -0.3 is 11.1 Å². The summed E-state index contributed by atoms with van der Waals surface area (Å²) in [6.07, 6.45) is 5.83. The first-order chi connectivity index (χ1) is 9.56. The first kappa shape index (κ1) is 15.6. The topological polar surface area (TPSA) is 55.1 Å². The third-order valence-corrected chi connectivity index (χ3v) is 4.89.